The van der Waals surface area contributed by atoms with Gasteiger partial charge < -0.3 is 11.1 Å². The number of nitrogens with zero attached hydrogens (tertiary/aromatic N) is 6. The molecule has 0 amide bonds. The molecule has 0 radical (unpaired) electrons. The topological polar surface area (TPSA) is 99.5 Å². The summed E-state index contributed by atoms with van der Waals surface area (Å²) in [7, 11) is 0. The molecule has 37 heavy (non-hydrogen) atoms. The number of nitrogens with one attached hydrogen (secondary N) is 1. The maximum absolute atomic E-state index is 6.32. The molecule has 186 valence electrons. The standard InChI is InChI=1S/C29H30N8/c30-27-24(3-1-12-32-27)28-34-25-8-9-26(36-16-2-13-33-36)35-29(25)37(28)22-6-7-23-20(4-5-21(23)18-22)17-19-10-14-31-15-11-19/h1-3,6-9,12-13,16,18-20,31H,4-5,10-11,14-15,17H2,(H2,30,32). The lowest BCUT2D eigenvalue weighted by Crippen LogP contribution is -2.28. The summed E-state index contributed by atoms with van der Waals surface area (Å²) in [5.74, 6) is 3.43. The first-order valence-electron chi connectivity index (χ1n) is 13.2. The van der Waals surface area contributed by atoms with Crippen LogP contribution in [0, 0.1) is 5.92 Å². The molecular weight excluding hydrogens is 460 g/mol. The van der Waals surface area contributed by atoms with Gasteiger partial charge in [0.1, 0.15) is 11.3 Å². The van der Waals surface area contributed by atoms with Crippen LogP contribution in [0.1, 0.15) is 42.7 Å². The monoisotopic (exact) mass is 490 g/mol. The molecule has 1 aliphatic carbocycles. The third kappa shape index (κ3) is 3.97. The van der Waals surface area contributed by atoms with Gasteiger partial charge in [0.05, 0.1) is 5.56 Å². The number of piperidine rings is 1. The van der Waals surface area contributed by atoms with Crippen LogP contribution in [0.15, 0.2) is 67.1 Å². The van der Waals surface area contributed by atoms with Crippen molar-refractivity contribution in [1.29, 1.82) is 0 Å². The van der Waals surface area contributed by atoms with Crippen molar-refractivity contribution in [1.82, 2.24) is 34.6 Å². The minimum absolute atomic E-state index is 0.453. The summed E-state index contributed by atoms with van der Waals surface area (Å²) >= 11 is 0. The van der Waals surface area contributed by atoms with Crippen molar-refractivity contribution in [3.63, 3.8) is 0 Å². The first kappa shape index (κ1) is 22.2. The third-order valence-corrected chi connectivity index (χ3v) is 7.97. The average Bonchev–Trinajstić information content (AvgIpc) is 3.68. The van der Waals surface area contributed by atoms with E-state index in [2.05, 4.69) is 38.2 Å². The lowest BCUT2D eigenvalue weighted by atomic mass is 9.85. The molecule has 3 N–H and O–H groups in total. The molecule has 1 saturated heterocycles. The highest BCUT2D eigenvalue weighted by molar-refractivity contribution is 5.83. The molecule has 1 unspecified atom stereocenters. The summed E-state index contributed by atoms with van der Waals surface area (Å²) in [5.41, 5.74) is 12.7. The average molecular weight is 491 g/mol. The van der Waals surface area contributed by atoms with Gasteiger partial charge in [-0.15, -0.1) is 0 Å². The number of fused-ring (bicyclic) bond motifs is 2. The van der Waals surface area contributed by atoms with Gasteiger partial charge in [0, 0.05) is 24.3 Å². The summed E-state index contributed by atoms with van der Waals surface area (Å²) in [6.07, 6.45) is 11.6. The lowest BCUT2D eigenvalue weighted by Gasteiger charge is -2.25. The zero-order valence-corrected chi connectivity index (χ0v) is 20.7. The fourth-order valence-electron chi connectivity index (χ4n) is 6.11. The van der Waals surface area contributed by atoms with Crippen LogP contribution in [-0.2, 0) is 6.42 Å². The molecule has 7 rings (SSSR count). The van der Waals surface area contributed by atoms with E-state index in [9.17, 15) is 0 Å². The molecule has 0 bridgehead atoms. The van der Waals surface area contributed by atoms with Gasteiger partial charge in [-0.1, -0.05) is 6.07 Å². The van der Waals surface area contributed by atoms with Gasteiger partial charge in [0.25, 0.3) is 0 Å². The van der Waals surface area contributed by atoms with Gasteiger partial charge in [0.2, 0.25) is 0 Å². The van der Waals surface area contributed by atoms with Crippen LogP contribution in [0.3, 0.4) is 0 Å². The number of aromatic nitrogens is 6. The molecule has 2 aliphatic rings. The Kier molecular flexibility index (Phi) is 5.47. The number of hydrogen-bond acceptors (Lipinski definition) is 6. The number of nitrogen functional groups attached to an aromatic ring is 1. The Morgan fingerprint density at radius 3 is 2.73 bits per heavy atom. The minimum atomic E-state index is 0.453. The summed E-state index contributed by atoms with van der Waals surface area (Å²) in [6.45, 7) is 2.31. The van der Waals surface area contributed by atoms with E-state index < -0.39 is 0 Å². The Labute approximate surface area is 215 Å². The first-order chi connectivity index (χ1) is 18.2. The highest BCUT2D eigenvalue weighted by Crippen LogP contribution is 2.41. The Morgan fingerprint density at radius 1 is 0.973 bits per heavy atom. The number of anilines is 1. The molecule has 1 fully saturated rings. The molecule has 1 atom stereocenters. The molecule has 0 spiro atoms. The van der Waals surface area contributed by atoms with Crippen molar-refractivity contribution < 1.29 is 0 Å². The van der Waals surface area contributed by atoms with Crippen LogP contribution in [0.25, 0.3) is 34.1 Å². The van der Waals surface area contributed by atoms with Gasteiger partial charge in [-0.2, -0.15) is 5.10 Å². The van der Waals surface area contributed by atoms with Gasteiger partial charge in [-0.25, -0.2) is 19.6 Å². The van der Waals surface area contributed by atoms with E-state index in [0.717, 1.165) is 59.5 Å². The van der Waals surface area contributed by atoms with E-state index in [1.165, 1.54) is 36.8 Å². The summed E-state index contributed by atoms with van der Waals surface area (Å²) in [6, 6.07) is 16.6. The maximum Gasteiger partial charge on any atom is 0.167 e. The Balaban J connectivity index is 1.34. The predicted octanol–water partition coefficient (Wildman–Crippen LogP) is 4.67. The quantitative estimate of drug-likeness (QED) is 0.371. The fraction of sp³-hybridized carbons (Fsp3) is 0.310. The molecule has 0 saturated carbocycles. The van der Waals surface area contributed by atoms with Gasteiger partial charge in [-0.3, -0.25) is 4.57 Å². The van der Waals surface area contributed by atoms with Crippen LogP contribution in [0.4, 0.5) is 5.82 Å². The van der Waals surface area contributed by atoms with Gasteiger partial charge >= 0.3 is 0 Å². The van der Waals surface area contributed by atoms with Crippen molar-refractivity contribution in [2.75, 3.05) is 18.8 Å². The van der Waals surface area contributed by atoms with E-state index >= 15 is 0 Å². The highest BCUT2D eigenvalue weighted by atomic mass is 15.3. The fourth-order valence-corrected chi connectivity index (χ4v) is 6.11. The van der Waals surface area contributed by atoms with E-state index in [1.807, 2.05) is 36.5 Å². The van der Waals surface area contributed by atoms with Gasteiger partial charge in [-0.05, 0) is 111 Å². The molecule has 5 heterocycles. The molecule has 1 aromatic carbocycles. The molecule has 5 aromatic rings. The van der Waals surface area contributed by atoms with Gasteiger partial charge in [0.15, 0.2) is 17.3 Å². The summed E-state index contributed by atoms with van der Waals surface area (Å²) < 4.78 is 3.89. The number of pyridine rings is 2. The normalized spacial score (nSPS) is 17.9. The molecular formula is C29H30N8. The van der Waals surface area contributed by atoms with E-state index in [4.69, 9.17) is 15.7 Å². The molecule has 8 heteroatoms. The van der Waals surface area contributed by atoms with Crippen LogP contribution in [-0.4, -0.2) is 42.4 Å². The largest absolute Gasteiger partial charge is 0.383 e. The molecule has 1 aliphatic heterocycles. The van der Waals surface area contributed by atoms with Crippen molar-refractivity contribution in [2.45, 2.75) is 38.0 Å². The Bertz CT molecular complexity index is 1560. The number of nitrogens with two attached hydrogens (primary N) is 1. The van der Waals surface area contributed by atoms with Crippen molar-refractivity contribution in [2.24, 2.45) is 5.92 Å². The number of benzene rings is 1. The summed E-state index contributed by atoms with van der Waals surface area (Å²) in [4.78, 5) is 14.3. The van der Waals surface area contributed by atoms with Crippen LogP contribution < -0.4 is 11.1 Å². The van der Waals surface area contributed by atoms with Crippen LogP contribution in [0.5, 0.6) is 0 Å². The molecule has 8 nitrogen and oxygen atoms in total. The Morgan fingerprint density at radius 2 is 1.89 bits per heavy atom. The second-order valence-electron chi connectivity index (χ2n) is 10.2. The first-order valence-corrected chi connectivity index (χ1v) is 13.2. The third-order valence-electron chi connectivity index (χ3n) is 7.97. The van der Waals surface area contributed by atoms with Crippen molar-refractivity contribution in [3.8, 4) is 22.9 Å². The zero-order valence-electron chi connectivity index (χ0n) is 20.7. The van der Waals surface area contributed by atoms with Crippen molar-refractivity contribution >= 4 is 17.0 Å². The van der Waals surface area contributed by atoms with Crippen molar-refractivity contribution in [3.05, 3.63) is 78.2 Å². The Hall–Kier alpha value is -4.04. The van der Waals surface area contributed by atoms with Crippen LogP contribution in [0.2, 0.25) is 0 Å². The smallest absolute Gasteiger partial charge is 0.167 e. The zero-order chi connectivity index (χ0) is 24.8. The molecule has 4 aromatic heterocycles. The summed E-state index contributed by atoms with van der Waals surface area (Å²) in [5, 5.41) is 7.87. The number of imidazole rings is 1. The number of rotatable bonds is 5. The number of aryl methyl sites for hydroxylation is 1. The highest BCUT2D eigenvalue weighted by Gasteiger charge is 2.27. The predicted molar refractivity (Wildman–Crippen MR) is 145 cm³/mol. The van der Waals surface area contributed by atoms with E-state index in [0.29, 0.717) is 11.7 Å². The minimum Gasteiger partial charge on any atom is -0.383 e. The second kappa shape index (κ2) is 9.12. The second-order valence-corrected chi connectivity index (χ2v) is 10.2. The SMILES string of the molecule is Nc1ncccc1-c1nc2ccc(-n3cccn3)nc2n1-c1ccc2c(c1)CCC2CC1CCNCC1. The van der Waals surface area contributed by atoms with Crippen LogP contribution >= 0.6 is 0 Å². The van der Waals surface area contributed by atoms with E-state index in [-0.39, 0.29) is 0 Å². The van der Waals surface area contributed by atoms with E-state index in [1.54, 1.807) is 17.1 Å². The lowest BCUT2D eigenvalue weighted by molar-refractivity contribution is 0.330. The number of hydrogen-bond donors (Lipinski definition) is 2. The maximum atomic E-state index is 6.32.